The van der Waals surface area contributed by atoms with Gasteiger partial charge in [-0.05, 0) is 5.92 Å². The van der Waals surface area contributed by atoms with Gasteiger partial charge in [-0.1, -0.05) is 44.2 Å². The molecule has 0 saturated carbocycles. The minimum Gasteiger partial charge on any atom is -0.395 e. The molecule has 0 saturated heterocycles. The molecule has 0 fully saturated rings. The molecule has 0 unspecified atom stereocenters. The van der Waals surface area contributed by atoms with Gasteiger partial charge in [-0.15, -0.1) is 0 Å². The maximum Gasteiger partial charge on any atom is 0.519 e. The number of hydrogen-bond acceptors (Lipinski definition) is 3. The summed E-state index contributed by atoms with van der Waals surface area (Å²) >= 11 is 0. The van der Waals surface area contributed by atoms with Gasteiger partial charge in [0.25, 0.3) is 0 Å². The number of benzene rings is 1. The van der Waals surface area contributed by atoms with Gasteiger partial charge in [0.05, 0.1) is 0 Å². The zero-order chi connectivity index (χ0) is 11.5. The Morgan fingerprint density at radius 3 is 2.44 bits per heavy atom. The molecule has 0 atom stereocenters. The summed E-state index contributed by atoms with van der Waals surface area (Å²) in [7, 11) is 0. The van der Waals surface area contributed by atoms with Crippen molar-refractivity contribution in [1.82, 2.24) is 0 Å². The zero-order valence-electron chi connectivity index (χ0n) is 9.40. The van der Waals surface area contributed by atoms with Crippen LogP contribution in [0.15, 0.2) is 44.0 Å². The van der Waals surface area contributed by atoms with E-state index in [1.54, 1.807) is 0 Å². The Kier molecular flexibility index (Phi) is 2.95. The first kappa shape index (κ1) is 10.7. The van der Waals surface area contributed by atoms with Crippen LogP contribution in [0.2, 0.25) is 0 Å². The fourth-order valence-electron chi connectivity index (χ4n) is 1.62. The zero-order valence-corrected chi connectivity index (χ0v) is 9.40. The van der Waals surface area contributed by atoms with Gasteiger partial charge in [-0.2, -0.15) is 0 Å². The lowest BCUT2D eigenvalue weighted by molar-refractivity contribution is 0.369. The normalized spacial score (nSPS) is 10.9. The van der Waals surface area contributed by atoms with E-state index < -0.39 is 5.82 Å². The predicted octanol–water partition coefficient (Wildman–Crippen LogP) is 3.10. The van der Waals surface area contributed by atoms with E-state index in [1.807, 2.05) is 30.3 Å². The second-order valence-corrected chi connectivity index (χ2v) is 4.17. The largest absolute Gasteiger partial charge is 0.519 e. The highest BCUT2D eigenvalue weighted by molar-refractivity contribution is 5.58. The summed E-state index contributed by atoms with van der Waals surface area (Å²) in [5.41, 5.74) is 0.879. The Balaban J connectivity index is 2.44. The average molecular weight is 218 g/mol. The third-order valence-electron chi connectivity index (χ3n) is 2.27. The highest BCUT2D eigenvalue weighted by Crippen LogP contribution is 2.24. The molecule has 0 bridgehead atoms. The summed E-state index contributed by atoms with van der Waals surface area (Å²) in [6.45, 7) is 4.14. The summed E-state index contributed by atoms with van der Waals surface area (Å²) in [6, 6.07) is 9.53. The lowest BCUT2D eigenvalue weighted by Gasteiger charge is -2.02. The SMILES string of the molecule is CC(C)Cc1oc(=O)oc1-c1ccccc1. The molecule has 0 spiro atoms. The molecule has 2 aromatic rings. The maximum absolute atomic E-state index is 11.1. The van der Waals surface area contributed by atoms with Crippen molar-refractivity contribution in [3.8, 4) is 11.3 Å². The Hall–Kier alpha value is -1.77. The van der Waals surface area contributed by atoms with Crippen LogP contribution in [-0.2, 0) is 6.42 Å². The van der Waals surface area contributed by atoms with E-state index in [0.717, 1.165) is 5.56 Å². The van der Waals surface area contributed by atoms with Gasteiger partial charge in [-0.3, -0.25) is 0 Å². The predicted molar refractivity (Wildman–Crippen MR) is 61.2 cm³/mol. The van der Waals surface area contributed by atoms with E-state index in [0.29, 0.717) is 23.9 Å². The van der Waals surface area contributed by atoms with Crippen LogP contribution in [0.4, 0.5) is 0 Å². The summed E-state index contributed by atoms with van der Waals surface area (Å²) < 4.78 is 10.1. The average Bonchev–Trinajstić information content (AvgIpc) is 2.60. The molecule has 0 N–H and O–H groups in total. The van der Waals surface area contributed by atoms with Crippen molar-refractivity contribution in [3.63, 3.8) is 0 Å². The highest BCUT2D eigenvalue weighted by Gasteiger charge is 2.15. The lowest BCUT2D eigenvalue weighted by atomic mass is 10.0. The van der Waals surface area contributed by atoms with Crippen molar-refractivity contribution < 1.29 is 8.83 Å². The molecule has 2 rings (SSSR count). The van der Waals surface area contributed by atoms with Crippen molar-refractivity contribution in [2.24, 2.45) is 5.92 Å². The molecule has 84 valence electrons. The van der Waals surface area contributed by atoms with Crippen molar-refractivity contribution >= 4 is 0 Å². The minimum absolute atomic E-state index is 0.420. The van der Waals surface area contributed by atoms with Crippen molar-refractivity contribution in [1.29, 1.82) is 0 Å². The summed E-state index contributed by atoms with van der Waals surface area (Å²) in [4.78, 5) is 11.1. The highest BCUT2D eigenvalue weighted by atomic mass is 16.6. The fraction of sp³-hybridized carbons (Fsp3) is 0.308. The summed E-state index contributed by atoms with van der Waals surface area (Å²) in [6.07, 6.45) is 0.704. The topological polar surface area (TPSA) is 43.4 Å². The number of hydrogen-bond donors (Lipinski definition) is 0. The van der Waals surface area contributed by atoms with Gasteiger partial charge in [0.1, 0.15) is 0 Å². The van der Waals surface area contributed by atoms with Crippen molar-refractivity contribution in [2.75, 3.05) is 0 Å². The van der Waals surface area contributed by atoms with Crippen LogP contribution in [0, 0.1) is 5.92 Å². The Morgan fingerprint density at radius 1 is 1.12 bits per heavy atom. The molecule has 16 heavy (non-hydrogen) atoms. The van der Waals surface area contributed by atoms with Crippen LogP contribution in [0.3, 0.4) is 0 Å². The van der Waals surface area contributed by atoms with Gasteiger partial charge in [0, 0.05) is 12.0 Å². The lowest BCUT2D eigenvalue weighted by Crippen LogP contribution is -1.94. The smallest absolute Gasteiger partial charge is 0.395 e. The van der Waals surface area contributed by atoms with E-state index in [1.165, 1.54) is 0 Å². The van der Waals surface area contributed by atoms with E-state index in [9.17, 15) is 4.79 Å². The van der Waals surface area contributed by atoms with E-state index in [4.69, 9.17) is 8.83 Å². The van der Waals surface area contributed by atoms with Crippen molar-refractivity contribution in [2.45, 2.75) is 20.3 Å². The van der Waals surface area contributed by atoms with Crippen LogP contribution in [0.1, 0.15) is 19.6 Å². The summed E-state index contributed by atoms with van der Waals surface area (Å²) in [5.74, 6) is 0.975. The van der Waals surface area contributed by atoms with E-state index in [2.05, 4.69) is 13.8 Å². The minimum atomic E-state index is -0.630. The first-order chi connectivity index (χ1) is 7.66. The molecule has 3 nitrogen and oxygen atoms in total. The first-order valence-electron chi connectivity index (χ1n) is 5.35. The summed E-state index contributed by atoms with van der Waals surface area (Å²) in [5, 5.41) is 0. The fourth-order valence-corrected chi connectivity index (χ4v) is 1.62. The van der Waals surface area contributed by atoms with Gasteiger partial charge in [0.15, 0.2) is 11.5 Å². The third-order valence-corrected chi connectivity index (χ3v) is 2.27. The molecule has 3 heteroatoms. The molecule has 0 radical (unpaired) electrons. The third kappa shape index (κ3) is 2.24. The van der Waals surface area contributed by atoms with Crippen molar-refractivity contribution in [3.05, 3.63) is 46.7 Å². The van der Waals surface area contributed by atoms with Crippen LogP contribution >= 0.6 is 0 Å². The quantitative estimate of drug-likeness (QED) is 0.795. The van der Waals surface area contributed by atoms with Crippen LogP contribution < -0.4 is 5.82 Å². The van der Waals surface area contributed by atoms with Crippen LogP contribution in [0.5, 0.6) is 0 Å². The second-order valence-electron chi connectivity index (χ2n) is 4.17. The van der Waals surface area contributed by atoms with Gasteiger partial charge >= 0.3 is 5.82 Å². The standard InChI is InChI=1S/C13H14O3/c1-9(2)8-11-12(16-13(14)15-11)10-6-4-3-5-7-10/h3-7,9H,8H2,1-2H3. The van der Waals surface area contributed by atoms with Gasteiger partial charge in [0.2, 0.25) is 0 Å². The molecule has 0 amide bonds. The van der Waals surface area contributed by atoms with E-state index >= 15 is 0 Å². The van der Waals surface area contributed by atoms with Gasteiger partial charge in [-0.25, -0.2) is 4.79 Å². The molecule has 0 aliphatic heterocycles. The molecule has 1 heterocycles. The maximum atomic E-state index is 11.1. The number of rotatable bonds is 3. The molecule has 1 aromatic carbocycles. The Morgan fingerprint density at radius 2 is 1.81 bits per heavy atom. The monoisotopic (exact) mass is 218 g/mol. The van der Waals surface area contributed by atoms with Crippen LogP contribution in [-0.4, -0.2) is 0 Å². The first-order valence-corrected chi connectivity index (χ1v) is 5.35. The van der Waals surface area contributed by atoms with E-state index in [-0.39, 0.29) is 0 Å². The van der Waals surface area contributed by atoms with Gasteiger partial charge < -0.3 is 8.83 Å². The molecular formula is C13H14O3. The van der Waals surface area contributed by atoms with Crippen LogP contribution in [0.25, 0.3) is 11.3 Å². The Labute approximate surface area is 93.7 Å². The molecule has 0 aliphatic carbocycles. The second kappa shape index (κ2) is 4.39. The Bertz CT molecular complexity index is 505. The molecule has 1 aromatic heterocycles. The molecule has 0 aliphatic rings. The molecular weight excluding hydrogens is 204 g/mol.